The Morgan fingerprint density at radius 2 is 1.57 bits per heavy atom. The summed E-state index contributed by atoms with van der Waals surface area (Å²) in [6, 6.07) is 0. The molecule has 3 rings (SSSR count). The van der Waals surface area contributed by atoms with Crippen molar-refractivity contribution in [2.45, 2.75) is 135 Å². The summed E-state index contributed by atoms with van der Waals surface area (Å²) >= 11 is 0.961. The zero-order chi connectivity index (χ0) is 52.0. The molecule has 0 spiro atoms. The van der Waals surface area contributed by atoms with Gasteiger partial charge in [-0.2, -0.15) is 4.31 Å². The van der Waals surface area contributed by atoms with Crippen LogP contribution >= 0.6 is 35.2 Å². The van der Waals surface area contributed by atoms with Crippen molar-refractivity contribution in [1.82, 2.24) is 30.2 Å². The van der Waals surface area contributed by atoms with Gasteiger partial charge in [0.25, 0.3) is 0 Å². The van der Waals surface area contributed by atoms with E-state index in [-0.39, 0.29) is 53.8 Å². The summed E-state index contributed by atoms with van der Waals surface area (Å²) in [6.45, 7) is 2.56. The first kappa shape index (κ1) is 61.0. The van der Waals surface area contributed by atoms with Gasteiger partial charge >= 0.3 is 23.5 Å². The number of rotatable bonds is 34. The number of hydrogen-bond donors (Lipinski definition) is 10. The molecule has 25 nitrogen and oxygen atoms in total. The number of thioether (sulfide) groups is 1. The van der Waals surface area contributed by atoms with Crippen molar-refractivity contribution < 1.29 is 85.6 Å². The first-order valence-corrected chi connectivity index (χ1v) is 28.1. The number of ether oxygens (including phenoxy) is 1. The van der Waals surface area contributed by atoms with Crippen molar-refractivity contribution in [3.63, 3.8) is 0 Å². The number of nitrogens with two attached hydrogens (primary N) is 1. The van der Waals surface area contributed by atoms with E-state index in [0.29, 0.717) is 6.42 Å². The number of aliphatic hydroxyl groups excluding tert-OH is 3. The minimum atomic E-state index is -5.59. The van der Waals surface area contributed by atoms with Crippen LogP contribution in [0.2, 0.25) is 0 Å². The Hall–Kier alpha value is -3.26. The third-order valence-corrected chi connectivity index (χ3v) is 14.3. The fourth-order valence-electron chi connectivity index (χ4n) is 6.59. The van der Waals surface area contributed by atoms with Crippen molar-refractivity contribution in [3.8, 4) is 0 Å². The molecule has 11 N–H and O–H groups in total. The molecule has 0 bridgehead atoms. The number of phosphoric ester groups is 3. The first-order valence-electron chi connectivity index (χ1n) is 22.6. The maximum atomic E-state index is 12.7. The van der Waals surface area contributed by atoms with Crippen LogP contribution < -0.4 is 16.4 Å². The molecule has 3 heterocycles. The lowest BCUT2D eigenvalue weighted by Gasteiger charge is -2.30. The molecule has 1 aliphatic heterocycles. The zero-order valence-electron chi connectivity index (χ0n) is 39.3. The quantitative estimate of drug-likeness (QED) is 0.0269. The Balaban J connectivity index is 1.31. The van der Waals surface area contributed by atoms with E-state index in [0.717, 1.165) is 48.2 Å². The van der Waals surface area contributed by atoms with Crippen molar-refractivity contribution in [1.29, 1.82) is 0 Å². The van der Waals surface area contributed by atoms with Crippen LogP contribution in [0.25, 0.3) is 11.2 Å². The van der Waals surface area contributed by atoms with Gasteiger partial charge in [-0.3, -0.25) is 32.5 Å². The summed E-state index contributed by atoms with van der Waals surface area (Å²) in [5.41, 5.74) is 4.24. The van der Waals surface area contributed by atoms with E-state index in [1.165, 1.54) is 52.4 Å². The largest absolute Gasteiger partial charge is 0.481 e. The number of aliphatic hydroxyl groups is 3. The van der Waals surface area contributed by atoms with Gasteiger partial charge in [0.05, 0.1) is 25.6 Å². The molecule has 29 heteroatoms. The number of carbonyl (C=O) groups excluding carboxylic acids is 3. The fraction of sp³-hybridized carbons (Fsp3) is 0.659. The summed E-state index contributed by atoms with van der Waals surface area (Å²) in [4.78, 5) is 88.4. The second-order valence-corrected chi connectivity index (χ2v) is 22.2. The Bertz CT molecular complexity index is 2210. The van der Waals surface area contributed by atoms with Gasteiger partial charge in [0, 0.05) is 37.1 Å². The summed E-state index contributed by atoms with van der Waals surface area (Å²) in [5.74, 6) is -1.28. The highest BCUT2D eigenvalue weighted by Crippen LogP contribution is 2.61. The summed E-state index contributed by atoms with van der Waals surface area (Å²) in [6.07, 6.45) is 15.2. The third kappa shape index (κ3) is 22.7. The van der Waals surface area contributed by atoms with Gasteiger partial charge in [-0.25, -0.2) is 28.6 Å². The SMILES string of the molecule is CCCCCCCC/C=C/C/C=C/C/C=C/CC(O)CC(=O)SCCNC(=O)CCNC(=O)C(O)C(C)(C)COP(=O)(O)OP(=O)(O)OCC1OC(n2cnc3c(N)ncnc32)C(O)C1OP(=O)(O)O. The van der Waals surface area contributed by atoms with E-state index in [1.54, 1.807) is 0 Å². The Labute approximate surface area is 410 Å². The molecule has 70 heavy (non-hydrogen) atoms. The second-order valence-electron chi connectivity index (χ2n) is 16.8. The monoisotopic (exact) mass is 1070 g/mol. The highest BCUT2D eigenvalue weighted by Gasteiger charge is 2.50. The summed E-state index contributed by atoms with van der Waals surface area (Å²) in [7, 11) is -16.5. The van der Waals surface area contributed by atoms with Gasteiger partial charge in [0.15, 0.2) is 22.8 Å². The lowest BCUT2D eigenvalue weighted by molar-refractivity contribution is -0.137. The van der Waals surface area contributed by atoms with Gasteiger partial charge < -0.3 is 56.0 Å². The van der Waals surface area contributed by atoms with Crippen LogP contribution in [0.1, 0.15) is 104 Å². The molecule has 1 saturated heterocycles. The number of aromatic nitrogens is 4. The van der Waals surface area contributed by atoms with E-state index < -0.39 is 90.7 Å². The molecule has 2 aromatic rings. The fourth-order valence-corrected chi connectivity index (χ4v) is 10.2. The number of amides is 2. The molecule has 8 unspecified atom stereocenters. The van der Waals surface area contributed by atoms with Crippen LogP contribution in [0.15, 0.2) is 49.1 Å². The molecule has 0 saturated carbocycles. The average molecular weight is 1070 g/mol. The van der Waals surface area contributed by atoms with Crippen molar-refractivity contribution in [2.24, 2.45) is 5.41 Å². The van der Waals surface area contributed by atoms with Crippen molar-refractivity contribution in [3.05, 3.63) is 49.1 Å². The zero-order valence-corrected chi connectivity index (χ0v) is 42.8. The van der Waals surface area contributed by atoms with Crippen LogP contribution in [0.4, 0.5) is 5.82 Å². The normalized spacial score (nSPS) is 20.5. The van der Waals surface area contributed by atoms with Crippen LogP contribution in [-0.4, -0.2) is 134 Å². The average Bonchev–Trinajstić information content (AvgIpc) is 3.84. The molecule has 0 aromatic carbocycles. The maximum absolute atomic E-state index is 12.7. The smallest absolute Gasteiger partial charge is 0.392 e. The topological polar surface area (TPSA) is 384 Å². The minimum absolute atomic E-state index is 0.0254. The van der Waals surface area contributed by atoms with Crippen LogP contribution in [0.5, 0.6) is 0 Å². The minimum Gasteiger partial charge on any atom is -0.392 e. The number of phosphoric acid groups is 3. The molecule has 0 radical (unpaired) electrons. The number of hydrogen-bond acceptors (Lipinski definition) is 19. The Morgan fingerprint density at radius 3 is 2.27 bits per heavy atom. The van der Waals surface area contributed by atoms with E-state index >= 15 is 0 Å². The number of anilines is 1. The van der Waals surface area contributed by atoms with Crippen LogP contribution in [-0.2, 0) is 50.7 Å². The van der Waals surface area contributed by atoms with Gasteiger partial charge in [-0.05, 0) is 32.1 Å². The molecule has 8 atom stereocenters. The molecule has 0 aliphatic carbocycles. The number of nitrogens with one attached hydrogen (secondary N) is 2. The lowest BCUT2D eigenvalue weighted by atomic mass is 9.87. The maximum Gasteiger partial charge on any atom is 0.481 e. The number of nitrogen functional groups attached to an aromatic ring is 1. The number of unbranched alkanes of at least 4 members (excludes halogenated alkanes) is 6. The molecule has 396 valence electrons. The van der Waals surface area contributed by atoms with Gasteiger partial charge in [-0.1, -0.05) is 101 Å². The van der Waals surface area contributed by atoms with Crippen molar-refractivity contribution in [2.75, 3.05) is 37.8 Å². The first-order chi connectivity index (χ1) is 32.9. The van der Waals surface area contributed by atoms with Gasteiger partial charge in [0.1, 0.15) is 36.3 Å². The lowest BCUT2D eigenvalue weighted by Crippen LogP contribution is -2.46. The highest BCUT2D eigenvalue weighted by molar-refractivity contribution is 8.13. The summed E-state index contributed by atoms with van der Waals surface area (Å²) < 4.78 is 62.4. The third-order valence-electron chi connectivity index (χ3n) is 10.3. The van der Waals surface area contributed by atoms with E-state index in [9.17, 15) is 63.0 Å². The second kappa shape index (κ2) is 30.1. The predicted octanol–water partition coefficient (Wildman–Crippen LogP) is 4.01. The van der Waals surface area contributed by atoms with Gasteiger partial charge in [0.2, 0.25) is 11.8 Å². The van der Waals surface area contributed by atoms with Crippen molar-refractivity contribution >= 4 is 69.1 Å². The standard InChI is InChI=1S/C41H68N7O18P3S/c1-4-5-6-7-8-9-10-11-12-13-14-15-16-17-18-19-29(49)24-32(51)70-23-22-43-31(50)20-21-44-39(54)36(53)41(2,3)26-63-69(60,61)66-68(58,59)62-25-30-35(65-67(55,56)57)34(52)40(64-30)48-28-47-33-37(42)45-27-46-38(33)48/h11-12,14-15,17-18,27-30,34-36,40,49,52-53H,4-10,13,16,19-26H2,1-3H3,(H,43,50)(H,44,54)(H,58,59)(H,60,61)(H2,42,45,46)(H2,55,56,57)/b12-11+,15-14+,18-17+. The Morgan fingerprint density at radius 1 is 0.914 bits per heavy atom. The number of allylic oxidation sites excluding steroid dienone is 5. The number of imidazole rings is 1. The number of nitrogens with zero attached hydrogens (tertiary/aromatic N) is 4. The van der Waals surface area contributed by atoms with E-state index in [1.807, 2.05) is 12.2 Å². The molecular formula is C41H68N7O18P3S. The van der Waals surface area contributed by atoms with E-state index in [4.69, 9.17) is 19.5 Å². The van der Waals surface area contributed by atoms with Gasteiger partial charge in [-0.15, -0.1) is 0 Å². The molecule has 1 aliphatic rings. The molecule has 2 aromatic heterocycles. The van der Waals surface area contributed by atoms with Crippen LogP contribution in [0, 0.1) is 5.41 Å². The predicted molar refractivity (Wildman–Crippen MR) is 257 cm³/mol. The Kier molecular flexibility index (Phi) is 26.2. The molecule has 1 fully saturated rings. The number of fused-ring (bicyclic) bond motifs is 1. The summed E-state index contributed by atoms with van der Waals surface area (Å²) in [5, 5.41) is 36.5. The number of carbonyl (C=O) groups is 3. The highest BCUT2D eigenvalue weighted by atomic mass is 32.2. The van der Waals surface area contributed by atoms with E-state index in [2.05, 4.69) is 65.6 Å². The van der Waals surface area contributed by atoms with Crippen LogP contribution in [0.3, 0.4) is 0 Å². The molecular weight excluding hydrogens is 1000 g/mol. The molecule has 2 amide bonds.